The van der Waals surface area contributed by atoms with Crippen LogP contribution in [0.2, 0.25) is 0 Å². The van der Waals surface area contributed by atoms with Crippen LogP contribution in [-0.4, -0.2) is 78.4 Å². The van der Waals surface area contributed by atoms with E-state index in [-0.39, 0.29) is 5.82 Å². The van der Waals surface area contributed by atoms with Crippen LogP contribution in [0, 0.1) is 5.82 Å². The number of nitrogens with zero attached hydrogens (tertiary/aromatic N) is 4. The average Bonchev–Trinajstić information content (AvgIpc) is 3.47. The van der Waals surface area contributed by atoms with E-state index in [1.807, 2.05) is 12.1 Å². The van der Waals surface area contributed by atoms with Crippen molar-refractivity contribution < 1.29 is 18.6 Å². The van der Waals surface area contributed by atoms with Crippen molar-refractivity contribution in [2.24, 2.45) is 0 Å². The Hall–Kier alpha value is -3.46. The molecule has 0 radical (unpaired) electrons. The highest BCUT2D eigenvalue weighted by Gasteiger charge is 2.18. The highest BCUT2D eigenvalue weighted by molar-refractivity contribution is 5.85. The van der Waals surface area contributed by atoms with E-state index in [1.165, 1.54) is 12.1 Å². The minimum absolute atomic E-state index is 0.222. The van der Waals surface area contributed by atoms with Crippen molar-refractivity contribution in [3.63, 3.8) is 0 Å². The third kappa shape index (κ3) is 10.8. The molecule has 7 nitrogen and oxygen atoms in total. The molecule has 4 aromatic rings. The third-order valence-electron chi connectivity index (χ3n) is 8.81. The number of imidazole rings is 1. The van der Waals surface area contributed by atoms with Crippen LogP contribution in [0.5, 0.6) is 11.5 Å². The van der Waals surface area contributed by atoms with E-state index in [2.05, 4.69) is 73.3 Å². The lowest BCUT2D eigenvalue weighted by Crippen LogP contribution is -2.27. The predicted octanol–water partition coefficient (Wildman–Crippen LogP) is 8.23. The van der Waals surface area contributed by atoms with Crippen LogP contribution in [0.4, 0.5) is 4.39 Å². The molecule has 0 bridgehead atoms. The first-order chi connectivity index (χ1) is 23.0. The number of ether oxygens (including phenoxy) is 3. The smallest absolute Gasteiger partial charge is 0.141 e. The molecule has 0 N–H and O–H groups in total. The molecule has 1 aromatic heterocycles. The minimum Gasteiger partial charge on any atom is -0.493 e. The Morgan fingerprint density at radius 1 is 0.723 bits per heavy atom. The van der Waals surface area contributed by atoms with E-state index in [9.17, 15) is 4.39 Å². The fourth-order valence-corrected chi connectivity index (χ4v) is 5.79. The molecule has 4 rings (SSSR count). The monoisotopic (exact) mass is 646 g/mol. The summed E-state index contributed by atoms with van der Waals surface area (Å²) in [4.78, 5) is 10.0. The highest BCUT2D eigenvalue weighted by Crippen LogP contribution is 2.32. The van der Waals surface area contributed by atoms with Gasteiger partial charge in [-0.15, -0.1) is 0 Å². The molecule has 0 saturated carbocycles. The second-order valence-electron chi connectivity index (χ2n) is 11.9. The van der Waals surface area contributed by atoms with Crippen LogP contribution in [0.3, 0.4) is 0 Å². The van der Waals surface area contributed by atoms with Gasteiger partial charge in [0.15, 0.2) is 0 Å². The summed E-state index contributed by atoms with van der Waals surface area (Å²) < 4.78 is 34.2. The van der Waals surface area contributed by atoms with Gasteiger partial charge in [0, 0.05) is 43.2 Å². The summed E-state index contributed by atoms with van der Waals surface area (Å²) in [7, 11) is 0. The standard InChI is InChI=1S/C39H55FN4O3/c1-6-11-23-44-37-29-36(46-25-12-22-42(7-2)8-3)28-33(30-45-27-24-43(9-4)10-5)38(37)41-39(44)32-15-19-35(20-16-32)47-26-21-31-13-17-34(40)18-14-31/h13-20,28-29H,6-12,21-27,30H2,1-5H3. The summed E-state index contributed by atoms with van der Waals surface area (Å²) in [6.07, 6.45) is 3.83. The zero-order valence-electron chi connectivity index (χ0n) is 29.3. The molecule has 256 valence electrons. The van der Waals surface area contributed by atoms with Crippen molar-refractivity contribution in [1.29, 1.82) is 0 Å². The first kappa shape index (κ1) is 36.4. The number of benzene rings is 3. The molecular weight excluding hydrogens is 591 g/mol. The van der Waals surface area contributed by atoms with Gasteiger partial charge in [-0.3, -0.25) is 0 Å². The van der Waals surface area contributed by atoms with Crippen LogP contribution < -0.4 is 9.47 Å². The number of rotatable bonds is 22. The van der Waals surface area contributed by atoms with E-state index in [0.717, 1.165) is 110 Å². The number of hydrogen-bond acceptors (Lipinski definition) is 6. The first-order valence-electron chi connectivity index (χ1n) is 17.7. The van der Waals surface area contributed by atoms with Crippen molar-refractivity contribution in [2.75, 3.05) is 59.1 Å². The number of unbranched alkanes of at least 4 members (excludes halogenated alkanes) is 1. The number of aryl methyl sites for hydroxylation is 1. The topological polar surface area (TPSA) is 52.0 Å². The van der Waals surface area contributed by atoms with Crippen molar-refractivity contribution in [3.05, 3.63) is 77.6 Å². The van der Waals surface area contributed by atoms with Gasteiger partial charge in [0.25, 0.3) is 0 Å². The molecule has 0 saturated heterocycles. The maximum absolute atomic E-state index is 13.2. The summed E-state index contributed by atoms with van der Waals surface area (Å²) in [5.41, 5.74) is 5.19. The average molecular weight is 647 g/mol. The second-order valence-corrected chi connectivity index (χ2v) is 11.9. The lowest BCUT2D eigenvalue weighted by Gasteiger charge is -2.18. The molecule has 0 aliphatic carbocycles. The fourth-order valence-electron chi connectivity index (χ4n) is 5.79. The SMILES string of the molecule is CCCCn1c(-c2ccc(OCCc3ccc(F)cc3)cc2)nc2c(COCCN(CC)CC)cc(OCCCN(CC)CC)cc21. The van der Waals surface area contributed by atoms with Crippen molar-refractivity contribution in [3.8, 4) is 22.9 Å². The van der Waals surface area contributed by atoms with Gasteiger partial charge in [-0.2, -0.15) is 0 Å². The number of fused-ring (bicyclic) bond motifs is 1. The van der Waals surface area contributed by atoms with Gasteiger partial charge in [-0.1, -0.05) is 53.2 Å². The largest absolute Gasteiger partial charge is 0.493 e. The number of likely N-dealkylation sites (N-methyl/N-ethyl adjacent to an activating group) is 1. The summed E-state index contributed by atoms with van der Waals surface area (Å²) in [5, 5.41) is 0. The molecule has 8 heteroatoms. The Kier molecular flexibility index (Phi) is 15.0. The van der Waals surface area contributed by atoms with Crippen LogP contribution in [0.15, 0.2) is 60.7 Å². The first-order valence-corrected chi connectivity index (χ1v) is 17.7. The van der Waals surface area contributed by atoms with Gasteiger partial charge in [-0.05, 0) is 87.0 Å². The molecular formula is C39H55FN4O3. The van der Waals surface area contributed by atoms with Gasteiger partial charge in [0.05, 0.1) is 37.5 Å². The molecule has 3 aromatic carbocycles. The number of halogens is 1. The van der Waals surface area contributed by atoms with Crippen molar-refractivity contribution >= 4 is 11.0 Å². The molecule has 0 aliphatic rings. The fraction of sp³-hybridized carbons (Fsp3) is 0.513. The zero-order chi connectivity index (χ0) is 33.4. The molecule has 0 amide bonds. The second kappa shape index (κ2) is 19.4. The van der Waals surface area contributed by atoms with Gasteiger partial charge in [0.2, 0.25) is 0 Å². The summed E-state index contributed by atoms with van der Waals surface area (Å²) in [6, 6.07) is 19.0. The van der Waals surface area contributed by atoms with Crippen LogP contribution in [-0.2, 0) is 24.3 Å². The van der Waals surface area contributed by atoms with Gasteiger partial charge >= 0.3 is 0 Å². The lowest BCUT2D eigenvalue weighted by molar-refractivity contribution is 0.0960. The predicted molar refractivity (Wildman–Crippen MR) is 191 cm³/mol. The van der Waals surface area contributed by atoms with Crippen LogP contribution >= 0.6 is 0 Å². The summed E-state index contributed by atoms with van der Waals surface area (Å²) in [6.45, 7) is 20.3. The Morgan fingerprint density at radius 2 is 1.40 bits per heavy atom. The summed E-state index contributed by atoms with van der Waals surface area (Å²) >= 11 is 0. The molecule has 47 heavy (non-hydrogen) atoms. The van der Waals surface area contributed by atoms with E-state index in [1.54, 1.807) is 12.1 Å². The normalized spacial score (nSPS) is 11.7. The van der Waals surface area contributed by atoms with Gasteiger partial charge in [-0.25, -0.2) is 9.37 Å². The molecule has 1 heterocycles. The molecule has 0 spiro atoms. The Balaban J connectivity index is 1.57. The maximum Gasteiger partial charge on any atom is 0.141 e. The zero-order valence-corrected chi connectivity index (χ0v) is 29.3. The van der Waals surface area contributed by atoms with Crippen LogP contribution in [0.25, 0.3) is 22.4 Å². The van der Waals surface area contributed by atoms with E-state index < -0.39 is 0 Å². The maximum atomic E-state index is 13.2. The van der Waals surface area contributed by atoms with Crippen molar-refractivity contribution in [1.82, 2.24) is 19.4 Å². The lowest BCUT2D eigenvalue weighted by atomic mass is 10.1. The van der Waals surface area contributed by atoms with Gasteiger partial charge < -0.3 is 28.6 Å². The Morgan fingerprint density at radius 3 is 2.09 bits per heavy atom. The van der Waals surface area contributed by atoms with E-state index in [4.69, 9.17) is 19.2 Å². The molecule has 0 fully saturated rings. The Labute approximate surface area is 281 Å². The highest BCUT2D eigenvalue weighted by atomic mass is 19.1. The Bertz CT molecular complexity index is 1460. The molecule has 0 unspecified atom stereocenters. The van der Waals surface area contributed by atoms with E-state index >= 15 is 0 Å². The quantitative estimate of drug-likeness (QED) is 0.0802. The van der Waals surface area contributed by atoms with Crippen LogP contribution in [0.1, 0.15) is 65.0 Å². The third-order valence-corrected chi connectivity index (χ3v) is 8.81. The minimum atomic E-state index is -0.222. The molecule has 0 aliphatic heterocycles. The van der Waals surface area contributed by atoms with E-state index in [0.29, 0.717) is 32.8 Å². The van der Waals surface area contributed by atoms with Gasteiger partial charge in [0.1, 0.15) is 23.1 Å². The summed E-state index contributed by atoms with van der Waals surface area (Å²) in [5.74, 6) is 2.39. The molecule has 0 atom stereocenters. The number of aromatic nitrogens is 2. The van der Waals surface area contributed by atoms with Crippen molar-refractivity contribution in [2.45, 2.75) is 73.5 Å². The number of hydrogen-bond donors (Lipinski definition) is 0.